The van der Waals surface area contributed by atoms with Gasteiger partial charge in [-0.05, 0) is 26.3 Å². The number of nitrogens with zero attached hydrogens (tertiary/aromatic N) is 3. The van der Waals surface area contributed by atoms with Crippen molar-refractivity contribution < 1.29 is 4.74 Å². The van der Waals surface area contributed by atoms with E-state index in [-0.39, 0.29) is 6.10 Å². The summed E-state index contributed by atoms with van der Waals surface area (Å²) in [5.41, 5.74) is 1.10. The number of rotatable bonds is 5. The van der Waals surface area contributed by atoms with E-state index in [1.54, 1.807) is 6.33 Å². The second-order valence-electron chi connectivity index (χ2n) is 5.13. The maximum Gasteiger partial charge on any atom is 0.222 e. The number of ether oxygens (including phenoxy) is 1. The molecule has 19 heavy (non-hydrogen) atoms. The van der Waals surface area contributed by atoms with Gasteiger partial charge in [0.2, 0.25) is 5.88 Å². The first kappa shape index (κ1) is 14.1. The van der Waals surface area contributed by atoms with Crippen LogP contribution in [-0.2, 0) is 6.42 Å². The molecule has 2 heterocycles. The lowest BCUT2D eigenvalue weighted by Crippen LogP contribution is -2.36. The van der Waals surface area contributed by atoms with Crippen molar-refractivity contribution in [1.82, 2.24) is 14.9 Å². The van der Waals surface area contributed by atoms with Crippen molar-refractivity contribution in [3.8, 4) is 5.88 Å². The summed E-state index contributed by atoms with van der Waals surface area (Å²) in [6.45, 7) is 4.35. The highest BCUT2D eigenvalue weighted by molar-refractivity contribution is 5.48. The predicted octanol–water partition coefficient (Wildman–Crippen LogP) is 1.94. The molecular formula is C14H24N4O. The Morgan fingerprint density at radius 3 is 2.74 bits per heavy atom. The van der Waals surface area contributed by atoms with Gasteiger partial charge in [0.05, 0.1) is 5.56 Å². The van der Waals surface area contributed by atoms with Gasteiger partial charge in [0.1, 0.15) is 18.2 Å². The van der Waals surface area contributed by atoms with Gasteiger partial charge < -0.3 is 15.0 Å². The SMILES string of the molecule is CCCc1c(NC)ncnc1OC1CCN(C)CC1. The van der Waals surface area contributed by atoms with E-state index in [2.05, 4.69) is 34.2 Å². The van der Waals surface area contributed by atoms with Gasteiger partial charge in [0.25, 0.3) is 0 Å². The minimum absolute atomic E-state index is 0.284. The first-order chi connectivity index (χ1) is 9.24. The lowest BCUT2D eigenvalue weighted by molar-refractivity contribution is 0.109. The summed E-state index contributed by atoms with van der Waals surface area (Å²) in [6, 6.07) is 0. The fraction of sp³-hybridized carbons (Fsp3) is 0.714. The van der Waals surface area contributed by atoms with E-state index in [1.807, 2.05) is 7.05 Å². The molecule has 0 bridgehead atoms. The number of likely N-dealkylation sites (tertiary alicyclic amines) is 1. The molecule has 0 aliphatic carbocycles. The van der Waals surface area contributed by atoms with Gasteiger partial charge in [-0.25, -0.2) is 9.97 Å². The summed E-state index contributed by atoms with van der Waals surface area (Å²) in [5.74, 6) is 1.65. The van der Waals surface area contributed by atoms with E-state index in [1.165, 1.54) is 0 Å². The summed E-state index contributed by atoms with van der Waals surface area (Å²) in [6.07, 6.45) is 6.01. The van der Waals surface area contributed by atoms with Crippen LogP contribution in [0.5, 0.6) is 5.88 Å². The van der Waals surface area contributed by atoms with Gasteiger partial charge in [-0.15, -0.1) is 0 Å². The first-order valence-electron chi connectivity index (χ1n) is 7.11. The van der Waals surface area contributed by atoms with E-state index >= 15 is 0 Å². The Bertz CT molecular complexity index is 402. The zero-order valence-electron chi connectivity index (χ0n) is 12.1. The summed E-state index contributed by atoms with van der Waals surface area (Å²) in [4.78, 5) is 10.9. The molecule has 1 fully saturated rings. The maximum absolute atomic E-state index is 6.11. The van der Waals surface area contributed by atoms with E-state index in [4.69, 9.17) is 4.74 Å². The third kappa shape index (κ3) is 3.56. The molecule has 5 heteroatoms. The molecule has 106 valence electrons. The molecule has 0 amide bonds. The lowest BCUT2D eigenvalue weighted by Gasteiger charge is -2.29. The summed E-state index contributed by atoms with van der Waals surface area (Å²) in [7, 11) is 4.05. The molecule has 1 aromatic heterocycles. The van der Waals surface area contributed by atoms with E-state index in [0.29, 0.717) is 0 Å². The van der Waals surface area contributed by atoms with Crippen molar-refractivity contribution in [2.24, 2.45) is 0 Å². The number of aromatic nitrogens is 2. The molecule has 5 nitrogen and oxygen atoms in total. The second kappa shape index (κ2) is 6.70. The van der Waals surface area contributed by atoms with Crippen molar-refractivity contribution in [3.05, 3.63) is 11.9 Å². The van der Waals surface area contributed by atoms with Crippen LogP contribution in [0.1, 0.15) is 31.7 Å². The van der Waals surface area contributed by atoms with Crippen LogP contribution in [0.15, 0.2) is 6.33 Å². The van der Waals surface area contributed by atoms with E-state index < -0.39 is 0 Å². The average molecular weight is 264 g/mol. The molecule has 0 radical (unpaired) electrons. The fourth-order valence-electron chi connectivity index (χ4n) is 2.45. The standard InChI is InChI=1S/C14H24N4O/c1-4-5-12-13(15-2)16-10-17-14(12)19-11-6-8-18(3)9-7-11/h10-11H,4-9H2,1-3H3,(H,15,16,17). The van der Waals surface area contributed by atoms with Crippen molar-refractivity contribution in [3.63, 3.8) is 0 Å². The second-order valence-corrected chi connectivity index (χ2v) is 5.13. The molecule has 1 aromatic rings. The molecule has 0 aromatic carbocycles. The van der Waals surface area contributed by atoms with Crippen molar-refractivity contribution in [2.75, 3.05) is 32.5 Å². The van der Waals surface area contributed by atoms with Crippen molar-refractivity contribution >= 4 is 5.82 Å². The molecule has 0 spiro atoms. The molecule has 1 N–H and O–H groups in total. The summed E-state index contributed by atoms with van der Waals surface area (Å²) < 4.78 is 6.11. The highest BCUT2D eigenvalue weighted by atomic mass is 16.5. The van der Waals surface area contributed by atoms with Gasteiger partial charge in [-0.2, -0.15) is 0 Å². The molecule has 0 saturated carbocycles. The summed E-state index contributed by atoms with van der Waals surface area (Å²) in [5, 5.41) is 3.13. The molecule has 0 atom stereocenters. The molecule has 2 rings (SSSR count). The topological polar surface area (TPSA) is 50.3 Å². The number of hydrogen-bond donors (Lipinski definition) is 1. The third-order valence-corrected chi connectivity index (χ3v) is 3.59. The number of anilines is 1. The van der Waals surface area contributed by atoms with Crippen LogP contribution in [0, 0.1) is 0 Å². The Morgan fingerprint density at radius 2 is 2.11 bits per heavy atom. The molecule has 1 saturated heterocycles. The van der Waals surface area contributed by atoms with Crippen LogP contribution in [0.4, 0.5) is 5.82 Å². The fourth-order valence-corrected chi connectivity index (χ4v) is 2.45. The van der Waals surface area contributed by atoms with Crippen molar-refractivity contribution in [1.29, 1.82) is 0 Å². The maximum atomic E-state index is 6.11. The van der Waals surface area contributed by atoms with Crippen LogP contribution in [0.3, 0.4) is 0 Å². The third-order valence-electron chi connectivity index (χ3n) is 3.59. The van der Waals surface area contributed by atoms with E-state index in [0.717, 1.165) is 56.0 Å². The zero-order valence-corrected chi connectivity index (χ0v) is 12.1. The Labute approximate surface area is 115 Å². The molecular weight excluding hydrogens is 240 g/mol. The van der Waals surface area contributed by atoms with Gasteiger partial charge in [-0.1, -0.05) is 13.3 Å². The Kier molecular flexibility index (Phi) is 4.96. The van der Waals surface area contributed by atoms with Crippen LogP contribution < -0.4 is 10.1 Å². The van der Waals surface area contributed by atoms with E-state index in [9.17, 15) is 0 Å². The molecule has 0 unspecified atom stereocenters. The molecule has 1 aliphatic heterocycles. The monoisotopic (exact) mass is 264 g/mol. The zero-order chi connectivity index (χ0) is 13.7. The quantitative estimate of drug-likeness (QED) is 0.881. The smallest absolute Gasteiger partial charge is 0.222 e. The van der Waals surface area contributed by atoms with Crippen LogP contribution in [-0.4, -0.2) is 48.2 Å². The number of piperidine rings is 1. The predicted molar refractivity (Wildman–Crippen MR) is 76.7 cm³/mol. The Balaban J connectivity index is 2.10. The highest BCUT2D eigenvalue weighted by Gasteiger charge is 2.20. The van der Waals surface area contributed by atoms with Crippen LogP contribution in [0.2, 0.25) is 0 Å². The summed E-state index contributed by atoms with van der Waals surface area (Å²) >= 11 is 0. The average Bonchev–Trinajstić information content (AvgIpc) is 2.43. The van der Waals surface area contributed by atoms with Gasteiger partial charge >= 0.3 is 0 Å². The van der Waals surface area contributed by atoms with Gasteiger partial charge in [0.15, 0.2) is 0 Å². The minimum atomic E-state index is 0.284. The minimum Gasteiger partial charge on any atom is -0.474 e. The first-order valence-corrected chi connectivity index (χ1v) is 7.11. The lowest BCUT2D eigenvalue weighted by atomic mass is 10.1. The largest absolute Gasteiger partial charge is 0.474 e. The Hall–Kier alpha value is -1.36. The number of nitrogens with one attached hydrogen (secondary N) is 1. The van der Waals surface area contributed by atoms with Crippen LogP contribution >= 0.6 is 0 Å². The number of hydrogen-bond acceptors (Lipinski definition) is 5. The van der Waals surface area contributed by atoms with Gasteiger partial charge in [0, 0.05) is 20.1 Å². The van der Waals surface area contributed by atoms with Crippen LogP contribution in [0.25, 0.3) is 0 Å². The normalized spacial score (nSPS) is 17.4. The molecule has 1 aliphatic rings. The van der Waals surface area contributed by atoms with Gasteiger partial charge in [-0.3, -0.25) is 0 Å². The highest BCUT2D eigenvalue weighted by Crippen LogP contribution is 2.26. The Morgan fingerprint density at radius 1 is 1.37 bits per heavy atom. The van der Waals surface area contributed by atoms with Crippen molar-refractivity contribution in [2.45, 2.75) is 38.7 Å².